The summed E-state index contributed by atoms with van der Waals surface area (Å²) >= 11 is 2.77. The predicted octanol–water partition coefficient (Wildman–Crippen LogP) is 1.65. The van der Waals surface area contributed by atoms with Gasteiger partial charge in [-0.3, -0.25) is 4.79 Å². The molecule has 0 aromatic carbocycles. The van der Waals surface area contributed by atoms with Gasteiger partial charge in [-0.2, -0.15) is 0 Å². The van der Waals surface area contributed by atoms with E-state index in [1.54, 1.807) is 18.3 Å². The van der Waals surface area contributed by atoms with Crippen LogP contribution in [0.4, 0.5) is 0 Å². The first kappa shape index (κ1) is 15.2. The van der Waals surface area contributed by atoms with Crippen molar-refractivity contribution in [3.8, 4) is 0 Å². The van der Waals surface area contributed by atoms with Crippen molar-refractivity contribution in [1.29, 1.82) is 0 Å². The van der Waals surface area contributed by atoms with Crippen molar-refractivity contribution in [2.45, 2.75) is 43.5 Å². The van der Waals surface area contributed by atoms with Crippen molar-refractivity contribution in [2.75, 3.05) is 12.4 Å². The van der Waals surface area contributed by atoms with E-state index in [9.17, 15) is 14.7 Å². The van der Waals surface area contributed by atoms with Crippen molar-refractivity contribution < 1.29 is 14.6 Å². The minimum atomic E-state index is -1.96. The van der Waals surface area contributed by atoms with Gasteiger partial charge in [0.15, 0.2) is 5.16 Å². The summed E-state index contributed by atoms with van der Waals surface area (Å²) < 4.78 is 6.08. The van der Waals surface area contributed by atoms with E-state index in [2.05, 4.69) is 4.98 Å². The summed E-state index contributed by atoms with van der Waals surface area (Å²) in [7, 11) is 0. The molecule has 23 heavy (non-hydrogen) atoms. The topological polar surface area (TPSA) is 81.4 Å². The molecule has 0 radical (unpaired) electrons. The monoisotopic (exact) mass is 352 g/mol. The summed E-state index contributed by atoms with van der Waals surface area (Å²) in [5, 5.41) is 11.7. The number of aryl methyl sites for hydroxylation is 2. The molecule has 3 heterocycles. The van der Waals surface area contributed by atoms with Gasteiger partial charge >= 0.3 is 5.97 Å². The smallest absolute Gasteiger partial charge is 0.361 e. The largest absolute Gasteiger partial charge is 0.462 e. The zero-order valence-corrected chi connectivity index (χ0v) is 14.3. The van der Waals surface area contributed by atoms with E-state index < -0.39 is 11.7 Å². The third kappa shape index (κ3) is 2.08. The maximum atomic E-state index is 13.0. The number of carbonyl (C=O) groups excluding carboxylic acids is 1. The Morgan fingerprint density at radius 1 is 1.43 bits per heavy atom. The summed E-state index contributed by atoms with van der Waals surface area (Å²) in [6.45, 7) is 1.82. The molecule has 8 heteroatoms. The third-order valence-electron chi connectivity index (χ3n) is 4.33. The molecule has 2 aromatic heterocycles. The molecule has 122 valence electrons. The number of hydrogen-bond donors (Lipinski definition) is 1. The normalized spacial score (nSPS) is 22.9. The van der Waals surface area contributed by atoms with Crippen molar-refractivity contribution in [1.82, 2.24) is 9.55 Å². The Kier molecular flexibility index (Phi) is 3.51. The van der Waals surface area contributed by atoms with E-state index >= 15 is 0 Å². The van der Waals surface area contributed by atoms with Crippen LogP contribution < -0.4 is 5.56 Å². The van der Waals surface area contributed by atoms with E-state index in [1.165, 1.54) is 16.6 Å². The lowest BCUT2D eigenvalue weighted by molar-refractivity contribution is -0.173. The van der Waals surface area contributed by atoms with Crippen molar-refractivity contribution in [3.05, 3.63) is 20.8 Å². The van der Waals surface area contributed by atoms with E-state index in [1.807, 2.05) is 0 Å². The lowest BCUT2D eigenvalue weighted by Crippen LogP contribution is -2.48. The number of thioether (sulfide) groups is 1. The van der Waals surface area contributed by atoms with Gasteiger partial charge in [0.05, 0.1) is 17.7 Å². The highest BCUT2D eigenvalue weighted by Crippen LogP contribution is 2.39. The van der Waals surface area contributed by atoms with Crippen LogP contribution in [0.5, 0.6) is 0 Å². The second kappa shape index (κ2) is 5.32. The number of thiophene rings is 1. The zero-order chi connectivity index (χ0) is 16.2. The Hall–Kier alpha value is -1.38. The van der Waals surface area contributed by atoms with Crippen LogP contribution in [0.15, 0.2) is 9.95 Å². The SMILES string of the molecule is CCOC(=O)C1(O)CSc2nc3sc4c(c3c(=O)n21)CCCC4. The first-order chi connectivity index (χ1) is 11.1. The summed E-state index contributed by atoms with van der Waals surface area (Å²) in [4.78, 5) is 31.7. The quantitative estimate of drug-likeness (QED) is 0.654. The molecular weight excluding hydrogens is 336 g/mol. The van der Waals surface area contributed by atoms with Crippen LogP contribution in [0.25, 0.3) is 10.2 Å². The Morgan fingerprint density at radius 3 is 3.00 bits per heavy atom. The van der Waals surface area contributed by atoms with Crippen LogP contribution in [-0.4, -0.2) is 33.0 Å². The molecule has 2 aromatic rings. The van der Waals surface area contributed by atoms with Crippen LogP contribution in [0.3, 0.4) is 0 Å². The van der Waals surface area contributed by atoms with Gasteiger partial charge in [0.25, 0.3) is 11.3 Å². The minimum absolute atomic E-state index is 0.0491. The van der Waals surface area contributed by atoms with Gasteiger partial charge in [0, 0.05) is 4.88 Å². The Labute approximate surface area is 140 Å². The van der Waals surface area contributed by atoms with Gasteiger partial charge < -0.3 is 9.84 Å². The van der Waals surface area contributed by atoms with Gasteiger partial charge in [-0.25, -0.2) is 14.3 Å². The molecule has 0 spiro atoms. The van der Waals surface area contributed by atoms with Gasteiger partial charge in [-0.05, 0) is 38.2 Å². The fourth-order valence-corrected chi connectivity index (χ4v) is 5.64. The highest BCUT2D eigenvalue weighted by molar-refractivity contribution is 7.99. The minimum Gasteiger partial charge on any atom is -0.462 e. The fraction of sp³-hybridized carbons (Fsp3) is 0.533. The number of aromatic nitrogens is 2. The second-order valence-electron chi connectivity index (χ2n) is 5.75. The molecule has 6 nitrogen and oxygen atoms in total. The lowest BCUT2D eigenvalue weighted by Gasteiger charge is -2.22. The molecule has 4 rings (SSSR count). The Balaban J connectivity index is 1.96. The first-order valence-corrected chi connectivity index (χ1v) is 9.46. The van der Waals surface area contributed by atoms with Crippen LogP contribution in [0.1, 0.15) is 30.2 Å². The number of carbonyl (C=O) groups is 1. The Bertz CT molecular complexity index is 872. The van der Waals surface area contributed by atoms with E-state index in [0.717, 1.165) is 35.8 Å². The van der Waals surface area contributed by atoms with Crippen molar-refractivity contribution >= 4 is 39.3 Å². The van der Waals surface area contributed by atoms with E-state index in [-0.39, 0.29) is 17.9 Å². The maximum absolute atomic E-state index is 13.0. The predicted molar refractivity (Wildman–Crippen MR) is 88.1 cm³/mol. The zero-order valence-electron chi connectivity index (χ0n) is 12.6. The average Bonchev–Trinajstić information content (AvgIpc) is 3.07. The standard InChI is InChI=1S/C15H16N2O4S2/c1-2-21-13(19)15(20)7-22-14-16-11-10(12(18)17(14)15)8-5-3-4-6-9(8)23-11/h20H,2-7H2,1H3. The van der Waals surface area contributed by atoms with Crippen LogP contribution in [0.2, 0.25) is 0 Å². The van der Waals surface area contributed by atoms with Crippen LogP contribution in [-0.2, 0) is 28.1 Å². The van der Waals surface area contributed by atoms with E-state index in [4.69, 9.17) is 4.74 Å². The summed E-state index contributed by atoms with van der Waals surface area (Å²) in [5.74, 6) is -0.744. The van der Waals surface area contributed by atoms with Crippen LogP contribution >= 0.6 is 23.1 Å². The number of aliphatic hydroxyl groups is 1. The molecule has 0 bridgehead atoms. The Morgan fingerprint density at radius 2 is 2.22 bits per heavy atom. The molecule has 2 aliphatic rings. The molecule has 0 fully saturated rings. The summed E-state index contributed by atoms with van der Waals surface area (Å²) in [6, 6.07) is 0. The molecule has 1 N–H and O–H groups in total. The average molecular weight is 352 g/mol. The number of esters is 1. The van der Waals surface area contributed by atoms with Gasteiger partial charge in [0.2, 0.25) is 0 Å². The highest BCUT2D eigenvalue weighted by Gasteiger charge is 2.48. The highest BCUT2D eigenvalue weighted by atomic mass is 32.2. The molecule has 1 unspecified atom stereocenters. The summed E-state index contributed by atoms with van der Waals surface area (Å²) in [5.41, 5.74) is -1.24. The molecular formula is C15H16N2O4S2. The number of hydrogen-bond acceptors (Lipinski definition) is 7. The second-order valence-corrected chi connectivity index (χ2v) is 7.78. The summed E-state index contributed by atoms with van der Waals surface area (Å²) in [6.07, 6.45) is 4.01. The van der Waals surface area contributed by atoms with Gasteiger partial charge in [0.1, 0.15) is 4.83 Å². The number of rotatable bonds is 2. The molecule has 1 aliphatic heterocycles. The molecule has 0 saturated carbocycles. The fourth-order valence-electron chi connectivity index (χ4n) is 3.24. The van der Waals surface area contributed by atoms with Gasteiger partial charge in [-0.15, -0.1) is 11.3 Å². The van der Waals surface area contributed by atoms with Gasteiger partial charge in [-0.1, -0.05) is 11.8 Å². The lowest BCUT2D eigenvalue weighted by atomic mass is 9.97. The number of nitrogens with zero attached hydrogens (tertiary/aromatic N) is 2. The molecule has 1 atom stereocenters. The molecule has 0 amide bonds. The maximum Gasteiger partial charge on any atom is 0.361 e. The van der Waals surface area contributed by atoms with E-state index in [0.29, 0.717) is 15.4 Å². The molecule has 0 saturated heterocycles. The third-order valence-corrected chi connectivity index (χ3v) is 6.60. The number of ether oxygens (including phenoxy) is 1. The first-order valence-electron chi connectivity index (χ1n) is 7.66. The number of fused-ring (bicyclic) bond motifs is 4. The molecule has 1 aliphatic carbocycles. The van der Waals surface area contributed by atoms with Crippen LogP contribution in [0, 0.1) is 0 Å². The van der Waals surface area contributed by atoms with Crippen molar-refractivity contribution in [2.24, 2.45) is 0 Å². The van der Waals surface area contributed by atoms with Crippen molar-refractivity contribution in [3.63, 3.8) is 0 Å².